The van der Waals surface area contributed by atoms with Crippen molar-refractivity contribution in [2.75, 3.05) is 11.9 Å². The van der Waals surface area contributed by atoms with Crippen LogP contribution in [0.25, 0.3) is 0 Å². The van der Waals surface area contributed by atoms with E-state index >= 15 is 0 Å². The molecule has 3 rings (SSSR count). The number of ether oxygens (including phenoxy) is 1. The second-order valence-electron chi connectivity index (χ2n) is 5.97. The van der Waals surface area contributed by atoms with Crippen molar-refractivity contribution >= 4 is 5.69 Å². The van der Waals surface area contributed by atoms with E-state index in [2.05, 4.69) is 15.0 Å². The number of anilines is 1. The van der Waals surface area contributed by atoms with Crippen molar-refractivity contribution in [2.24, 2.45) is 0 Å². The molecule has 0 N–H and O–H groups in total. The van der Waals surface area contributed by atoms with Crippen molar-refractivity contribution in [2.45, 2.75) is 26.3 Å². The minimum Gasteiger partial charge on any atom is -0.457 e. The first-order valence-electron chi connectivity index (χ1n) is 7.98. The van der Waals surface area contributed by atoms with Crippen LogP contribution in [0.3, 0.4) is 0 Å². The maximum Gasteiger partial charge on any atom is 0.246 e. The second-order valence-corrected chi connectivity index (χ2v) is 5.97. The van der Waals surface area contributed by atoms with E-state index < -0.39 is 0 Å². The quantitative estimate of drug-likeness (QED) is 0.662. The van der Waals surface area contributed by atoms with Gasteiger partial charge in [0.15, 0.2) is 5.82 Å². The van der Waals surface area contributed by atoms with Gasteiger partial charge in [-0.05, 0) is 36.4 Å². The summed E-state index contributed by atoms with van der Waals surface area (Å²) in [6.07, 6.45) is 0. The van der Waals surface area contributed by atoms with Crippen LogP contribution in [0, 0.1) is 0 Å². The highest BCUT2D eigenvalue weighted by Crippen LogP contribution is 2.24. The lowest BCUT2D eigenvalue weighted by molar-refractivity contribution is 0.371. The maximum absolute atomic E-state index is 5.80. The smallest absolute Gasteiger partial charge is 0.246 e. The van der Waals surface area contributed by atoms with Crippen molar-refractivity contribution in [3.8, 4) is 11.5 Å². The molecule has 1 aromatic heterocycles. The first kappa shape index (κ1) is 16.1. The molecule has 0 aliphatic carbocycles. The topological polar surface area (TPSA) is 51.4 Å². The molecule has 0 amide bonds. The Morgan fingerprint density at radius 3 is 2.29 bits per heavy atom. The van der Waals surface area contributed by atoms with Gasteiger partial charge >= 0.3 is 0 Å². The first-order chi connectivity index (χ1) is 11.6. The van der Waals surface area contributed by atoms with Gasteiger partial charge in [-0.3, -0.25) is 0 Å². The zero-order valence-electron chi connectivity index (χ0n) is 14.1. The Kier molecular flexibility index (Phi) is 4.79. The predicted octanol–water partition coefficient (Wildman–Crippen LogP) is 4.62. The van der Waals surface area contributed by atoms with Crippen molar-refractivity contribution < 1.29 is 9.26 Å². The van der Waals surface area contributed by atoms with E-state index in [0.29, 0.717) is 12.4 Å². The molecule has 24 heavy (non-hydrogen) atoms. The van der Waals surface area contributed by atoms with Gasteiger partial charge in [-0.2, -0.15) is 4.98 Å². The Labute approximate surface area is 141 Å². The third kappa shape index (κ3) is 3.93. The molecule has 0 atom stereocenters. The van der Waals surface area contributed by atoms with Gasteiger partial charge in [-0.25, -0.2) is 0 Å². The van der Waals surface area contributed by atoms with E-state index in [4.69, 9.17) is 9.26 Å². The summed E-state index contributed by atoms with van der Waals surface area (Å²) >= 11 is 0. The highest BCUT2D eigenvalue weighted by Gasteiger charge is 2.12. The van der Waals surface area contributed by atoms with Gasteiger partial charge < -0.3 is 14.2 Å². The summed E-state index contributed by atoms with van der Waals surface area (Å²) in [5.41, 5.74) is 1.06. The Bertz CT molecular complexity index is 767. The molecule has 2 aromatic carbocycles. The van der Waals surface area contributed by atoms with E-state index in [0.717, 1.165) is 23.0 Å². The molecule has 0 aliphatic rings. The molecule has 3 aromatic rings. The summed E-state index contributed by atoms with van der Waals surface area (Å²) in [7, 11) is 1.99. The molecule has 5 heteroatoms. The fourth-order valence-electron chi connectivity index (χ4n) is 2.25. The minimum absolute atomic E-state index is 0.266. The lowest BCUT2D eigenvalue weighted by atomic mass is 10.2. The van der Waals surface area contributed by atoms with Gasteiger partial charge in [0.2, 0.25) is 5.89 Å². The summed E-state index contributed by atoms with van der Waals surface area (Å²) in [5, 5.41) is 3.99. The zero-order chi connectivity index (χ0) is 16.9. The van der Waals surface area contributed by atoms with Gasteiger partial charge in [0, 0.05) is 18.7 Å². The second kappa shape index (κ2) is 7.17. The first-order valence-corrected chi connectivity index (χ1v) is 7.98. The molecule has 0 saturated carbocycles. The Balaban J connectivity index is 1.63. The lowest BCUT2D eigenvalue weighted by Crippen LogP contribution is -2.16. The Morgan fingerprint density at radius 1 is 1.00 bits per heavy atom. The molecule has 0 spiro atoms. The van der Waals surface area contributed by atoms with Gasteiger partial charge in [-0.15, -0.1) is 0 Å². The van der Waals surface area contributed by atoms with Crippen LogP contribution in [0.4, 0.5) is 5.69 Å². The number of rotatable bonds is 6. The van der Waals surface area contributed by atoms with Crippen LogP contribution in [-0.4, -0.2) is 17.2 Å². The standard InChI is InChI=1S/C19H21N3O2/c1-14(2)19-20-18(24-21-19)13-22(3)15-9-11-17(12-10-15)23-16-7-5-4-6-8-16/h4-12,14H,13H2,1-3H3. The largest absolute Gasteiger partial charge is 0.457 e. The molecule has 0 bridgehead atoms. The molecule has 5 nitrogen and oxygen atoms in total. The van der Waals surface area contributed by atoms with Crippen LogP contribution >= 0.6 is 0 Å². The van der Waals surface area contributed by atoms with E-state index in [1.165, 1.54) is 0 Å². The van der Waals surface area contributed by atoms with E-state index in [1.807, 2.05) is 75.5 Å². The average molecular weight is 323 g/mol. The summed E-state index contributed by atoms with van der Waals surface area (Å²) in [6, 6.07) is 17.7. The van der Waals surface area contributed by atoms with Crippen molar-refractivity contribution in [3.05, 3.63) is 66.3 Å². The van der Waals surface area contributed by atoms with E-state index in [9.17, 15) is 0 Å². The fraction of sp³-hybridized carbons (Fsp3) is 0.263. The third-order valence-corrected chi connectivity index (χ3v) is 3.63. The van der Waals surface area contributed by atoms with Crippen molar-refractivity contribution in [1.82, 2.24) is 10.1 Å². The van der Waals surface area contributed by atoms with Crippen LogP contribution in [0.2, 0.25) is 0 Å². The SMILES string of the molecule is CC(C)c1noc(CN(C)c2ccc(Oc3ccccc3)cc2)n1. The predicted molar refractivity (Wildman–Crippen MR) is 93.5 cm³/mol. The molecule has 0 unspecified atom stereocenters. The summed E-state index contributed by atoms with van der Waals surface area (Å²) in [6.45, 7) is 4.66. The number of nitrogens with zero attached hydrogens (tertiary/aromatic N) is 3. The molecular formula is C19H21N3O2. The zero-order valence-corrected chi connectivity index (χ0v) is 14.1. The van der Waals surface area contributed by atoms with Crippen LogP contribution in [0.15, 0.2) is 59.1 Å². The summed E-state index contributed by atoms with van der Waals surface area (Å²) in [5.74, 6) is 3.25. The van der Waals surface area contributed by atoms with Gasteiger partial charge in [0.1, 0.15) is 11.5 Å². The Hall–Kier alpha value is -2.82. The fourth-order valence-corrected chi connectivity index (χ4v) is 2.25. The minimum atomic E-state index is 0.266. The van der Waals surface area contributed by atoms with Gasteiger partial charge in [0.25, 0.3) is 0 Å². The van der Waals surface area contributed by atoms with Crippen molar-refractivity contribution in [1.29, 1.82) is 0 Å². The van der Waals surface area contributed by atoms with Gasteiger partial charge in [0.05, 0.1) is 6.54 Å². The Morgan fingerprint density at radius 2 is 1.67 bits per heavy atom. The third-order valence-electron chi connectivity index (χ3n) is 3.63. The highest BCUT2D eigenvalue weighted by molar-refractivity contribution is 5.49. The van der Waals surface area contributed by atoms with Crippen LogP contribution in [0.5, 0.6) is 11.5 Å². The van der Waals surface area contributed by atoms with Crippen LogP contribution in [-0.2, 0) is 6.54 Å². The highest BCUT2D eigenvalue weighted by atomic mass is 16.5. The molecule has 0 radical (unpaired) electrons. The van der Waals surface area contributed by atoms with E-state index in [-0.39, 0.29) is 5.92 Å². The lowest BCUT2D eigenvalue weighted by Gasteiger charge is -2.17. The number of benzene rings is 2. The molecule has 0 aliphatic heterocycles. The molecule has 0 saturated heterocycles. The monoisotopic (exact) mass is 323 g/mol. The van der Waals surface area contributed by atoms with Crippen molar-refractivity contribution in [3.63, 3.8) is 0 Å². The number of hydrogen-bond donors (Lipinski definition) is 0. The average Bonchev–Trinajstić information content (AvgIpc) is 3.05. The molecule has 1 heterocycles. The van der Waals surface area contributed by atoms with Gasteiger partial charge in [-0.1, -0.05) is 37.2 Å². The maximum atomic E-state index is 5.80. The van der Waals surface area contributed by atoms with E-state index in [1.54, 1.807) is 0 Å². The molecule has 124 valence electrons. The number of aromatic nitrogens is 2. The normalized spacial score (nSPS) is 10.8. The number of hydrogen-bond acceptors (Lipinski definition) is 5. The summed E-state index contributed by atoms with van der Waals surface area (Å²) in [4.78, 5) is 6.46. The van der Waals surface area contributed by atoms with Crippen LogP contribution in [0.1, 0.15) is 31.5 Å². The number of para-hydroxylation sites is 1. The summed E-state index contributed by atoms with van der Waals surface area (Å²) < 4.78 is 11.1. The molecular weight excluding hydrogens is 302 g/mol. The molecule has 0 fully saturated rings. The van der Waals surface area contributed by atoms with Crippen LogP contribution < -0.4 is 9.64 Å².